The number of rotatable bonds is 6. The van der Waals surface area contributed by atoms with Crippen LogP contribution in [-0.2, 0) is 0 Å². The van der Waals surface area contributed by atoms with Crippen LogP contribution < -0.4 is 10.1 Å². The third-order valence-electron chi connectivity index (χ3n) is 2.52. The number of amides is 1. The maximum atomic E-state index is 11.8. The molecule has 0 saturated carbocycles. The monoisotopic (exact) mass is 255 g/mol. The Morgan fingerprint density at radius 3 is 2.82 bits per heavy atom. The van der Waals surface area contributed by atoms with Crippen molar-refractivity contribution >= 4 is 17.5 Å². The van der Waals surface area contributed by atoms with Gasteiger partial charge in [0.25, 0.3) is 5.91 Å². The highest BCUT2D eigenvalue weighted by molar-refractivity contribution is 6.17. The lowest BCUT2D eigenvalue weighted by atomic mass is 10.1. The standard InChI is InChI=1S/C13H18ClNO2/c1-10-5-6-11(9-12(10)17-2)13(16)15-8-4-3-7-14/h5-6,9H,3-4,7-8H2,1-2H3,(H,15,16). The van der Waals surface area contributed by atoms with Crippen molar-refractivity contribution in [1.82, 2.24) is 5.32 Å². The van der Waals surface area contributed by atoms with E-state index in [9.17, 15) is 4.79 Å². The number of aryl methyl sites for hydroxylation is 1. The van der Waals surface area contributed by atoms with E-state index < -0.39 is 0 Å². The van der Waals surface area contributed by atoms with E-state index in [0.717, 1.165) is 24.2 Å². The lowest BCUT2D eigenvalue weighted by Crippen LogP contribution is -2.24. The number of carbonyl (C=O) groups is 1. The van der Waals surface area contributed by atoms with Gasteiger partial charge in [-0.3, -0.25) is 4.79 Å². The first kappa shape index (κ1) is 13.8. The van der Waals surface area contributed by atoms with Crippen LogP contribution >= 0.6 is 11.6 Å². The Kier molecular flexibility index (Phi) is 5.84. The summed E-state index contributed by atoms with van der Waals surface area (Å²) in [6.45, 7) is 2.60. The maximum Gasteiger partial charge on any atom is 0.251 e. The van der Waals surface area contributed by atoms with Gasteiger partial charge in [-0.2, -0.15) is 0 Å². The fraction of sp³-hybridized carbons (Fsp3) is 0.462. The lowest BCUT2D eigenvalue weighted by molar-refractivity contribution is 0.0953. The third kappa shape index (κ3) is 4.27. The second-order valence-corrected chi connectivity index (χ2v) is 4.21. The normalized spacial score (nSPS) is 10.1. The molecule has 0 aliphatic heterocycles. The maximum absolute atomic E-state index is 11.8. The molecule has 0 fully saturated rings. The molecule has 1 amide bonds. The number of hydrogen-bond donors (Lipinski definition) is 1. The summed E-state index contributed by atoms with van der Waals surface area (Å²) in [5.41, 5.74) is 1.64. The number of methoxy groups -OCH3 is 1. The summed E-state index contributed by atoms with van der Waals surface area (Å²) in [6, 6.07) is 5.44. The van der Waals surface area contributed by atoms with Gasteiger partial charge in [-0.25, -0.2) is 0 Å². The molecule has 0 aromatic heterocycles. The van der Waals surface area contributed by atoms with Crippen LogP contribution in [0.25, 0.3) is 0 Å². The molecular formula is C13H18ClNO2. The van der Waals surface area contributed by atoms with Crippen LogP contribution in [-0.4, -0.2) is 25.4 Å². The molecule has 17 heavy (non-hydrogen) atoms. The molecule has 94 valence electrons. The largest absolute Gasteiger partial charge is 0.496 e. The Bertz CT molecular complexity index is 380. The first-order chi connectivity index (χ1) is 8.19. The molecule has 3 nitrogen and oxygen atoms in total. The summed E-state index contributed by atoms with van der Waals surface area (Å²) in [4.78, 5) is 11.8. The van der Waals surface area contributed by atoms with E-state index >= 15 is 0 Å². The zero-order valence-corrected chi connectivity index (χ0v) is 11.0. The molecule has 0 unspecified atom stereocenters. The van der Waals surface area contributed by atoms with Gasteiger partial charge in [0.05, 0.1) is 7.11 Å². The lowest BCUT2D eigenvalue weighted by Gasteiger charge is -2.08. The minimum Gasteiger partial charge on any atom is -0.496 e. The molecule has 0 spiro atoms. The number of hydrogen-bond acceptors (Lipinski definition) is 2. The third-order valence-corrected chi connectivity index (χ3v) is 2.78. The van der Waals surface area contributed by atoms with Gasteiger partial charge in [0, 0.05) is 18.0 Å². The molecule has 0 saturated heterocycles. The molecule has 0 atom stereocenters. The molecular weight excluding hydrogens is 238 g/mol. The van der Waals surface area contributed by atoms with Gasteiger partial charge in [0.2, 0.25) is 0 Å². The van der Waals surface area contributed by atoms with Crippen molar-refractivity contribution in [3.05, 3.63) is 29.3 Å². The van der Waals surface area contributed by atoms with Crippen molar-refractivity contribution in [3.63, 3.8) is 0 Å². The van der Waals surface area contributed by atoms with Crippen molar-refractivity contribution in [2.75, 3.05) is 19.5 Å². The van der Waals surface area contributed by atoms with Crippen molar-refractivity contribution in [3.8, 4) is 5.75 Å². The fourth-order valence-corrected chi connectivity index (χ4v) is 1.67. The van der Waals surface area contributed by atoms with E-state index in [1.165, 1.54) is 0 Å². The van der Waals surface area contributed by atoms with E-state index in [4.69, 9.17) is 16.3 Å². The zero-order valence-electron chi connectivity index (χ0n) is 10.3. The number of carbonyl (C=O) groups excluding carboxylic acids is 1. The van der Waals surface area contributed by atoms with Crippen molar-refractivity contribution in [1.29, 1.82) is 0 Å². The van der Waals surface area contributed by atoms with Crippen molar-refractivity contribution in [2.45, 2.75) is 19.8 Å². The predicted octanol–water partition coefficient (Wildman–Crippen LogP) is 2.75. The first-order valence-electron chi connectivity index (χ1n) is 5.68. The molecule has 4 heteroatoms. The highest BCUT2D eigenvalue weighted by Crippen LogP contribution is 2.18. The SMILES string of the molecule is COc1cc(C(=O)NCCCCCl)ccc1C. The summed E-state index contributed by atoms with van der Waals surface area (Å²) < 4.78 is 5.18. The predicted molar refractivity (Wildman–Crippen MR) is 70.0 cm³/mol. The Labute approximate surface area is 107 Å². The Morgan fingerprint density at radius 1 is 1.41 bits per heavy atom. The number of halogens is 1. The van der Waals surface area contributed by atoms with Gasteiger partial charge in [-0.05, 0) is 37.5 Å². The van der Waals surface area contributed by atoms with Crippen LogP contribution in [0.5, 0.6) is 5.75 Å². The number of benzene rings is 1. The molecule has 1 aromatic rings. The van der Waals surface area contributed by atoms with Gasteiger partial charge in [0.15, 0.2) is 0 Å². The van der Waals surface area contributed by atoms with Crippen LogP contribution in [0.4, 0.5) is 0 Å². The van der Waals surface area contributed by atoms with Crippen LogP contribution in [0.1, 0.15) is 28.8 Å². The average molecular weight is 256 g/mol. The molecule has 0 heterocycles. The second kappa shape index (κ2) is 7.17. The molecule has 1 N–H and O–H groups in total. The van der Waals surface area contributed by atoms with Crippen LogP contribution in [0.3, 0.4) is 0 Å². The van der Waals surface area contributed by atoms with E-state index in [0.29, 0.717) is 18.0 Å². The minimum absolute atomic E-state index is 0.0714. The van der Waals surface area contributed by atoms with E-state index in [2.05, 4.69) is 5.32 Å². The van der Waals surface area contributed by atoms with Crippen LogP contribution in [0, 0.1) is 6.92 Å². The van der Waals surface area contributed by atoms with E-state index in [-0.39, 0.29) is 5.91 Å². The van der Waals surface area contributed by atoms with Gasteiger partial charge < -0.3 is 10.1 Å². The van der Waals surface area contributed by atoms with Gasteiger partial charge in [0.1, 0.15) is 5.75 Å². The Morgan fingerprint density at radius 2 is 2.18 bits per heavy atom. The summed E-state index contributed by atoms with van der Waals surface area (Å²) in [7, 11) is 1.60. The van der Waals surface area contributed by atoms with Crippen molar-refractivity contribution in [2.24, 2.45) is 0 Å². The van der Waals surface area contributed by atoms with Crippen molar-refractivity contribution < 1.29 is 9.53 Å². The van der Waals surface area contributed by atoms with Gasteiger partial charge in [-0.1, -0.05) is 6.07 Å². The minimum atomic E-state index is -0.0714. The zero-order chi connectivity index (χ0) is 12.7. The second-order valence-electron chi connectivity index (χ2n) is 3.84. The van der Waals surface area contributed by atoms with Gasteiger partial charge >= 0.3 is 0 Å². The Balaban J connectivity index is 2.57. The highest BCUT2D eigenvalue weighted by atomic mass is 35.5. The number of nitrogens with one attached hydrogen (secondary N) is 1. The summed E-state index contributed by atoms with van der Waals surface area (Å²) in [6.07, 6.45) is 1.82. The average Bonchev–Trinajstić information content (AvgIpc) is 2.35. The number of ether oxygens (including phenoxy) is 1. The van der Waals surface area contributed by atoms with E-state index in [1.807, 2.05) is 13.0 Å². The highest BCUT2D eigenvalue weighted by Gasteiger charge is 2.07. The van der Waals surface area contributed by atoms with Crippen LogP contribution in [0.2, 0.25) is 0 Å². The summed E-state index contributed by atoms with van der Waals surface area (Å²) >= 11 is 5.56. The van der Waals surface area contributed by atoms with E-state index in [1.54, 1.807) is 19.2 Å². The Hall–Kier alpha value is -1.22. The summed E-state index contributed by atoms with van der Waals surface area (Å²) in [5, 5.41) is 2.85. The smallest absolute Gasteiger partial charge is 0.251 e. The first-order valence-corrected chi connectivity index (χ1v) is 6.21. The van der Waals surface area contributed by atoms with Gasteiger partial charge in [-0.15, -0.1) is 11.6 Å². The topological polar surface area (TPSA) is 38.3 Å². The molecule has 1 rings (SSSR count). The molecule has 0 aliphatic rings. The number of alkyl halides is 1. The molecule has 0 aliphatic carbocycles. The summed E-state index contributed by atoms with van der Waals surface area (Å²) in [5.74, 6) is 1.30. The molecule has 0 radical (unpaired) electrons. The molecule has 0 bridgehead atoms. The van der Waals surface area contributed by atoms with Crippen LogP contribution in [0.15, 0.2) is 18.2 Å². The fourth-order valence-electron chi connectivity index (χ4n) is 1.48. The molecule has 1 aromatic carbocycles. The number of unbranched alkanes of at least 4 members (excludes halogenated alkanes) is 1. The quantitative estimate of drug-likeness (QED) is 0.627.